The third-order valence-electron chi connectivity index (χ3n) is 4.56. The molecule has 0 aliphatic heterocycles. The van der Waals surface area contributed by atoms with Crippen LogP contribution in [0, 0.1) is 5.82 Å². The van der Waals surface area contributed by atoms with Crippen LogP contribution < -0.4 is 5.32 Å². The van der Waals surface area contributed by atoms with Crippen LogP contribution in [0.4, 0.5) is 9.18 Å². The number of hydrogen-bond donors (Lipinski definition) is 2. The molecule has 0 aliphatic rings. The second-order valence-electron chi connectivity index (χ2n) is 6.34. The number of carbonyl (C=O) groups excluding carboxylic acids is 1. The van der Waals surface area contributed by atoms with Crippen LogP contribution in [0.2, 0.25) is 0 Å². The normalized spacial score (nSPS) is 12.1. The molecule has 6 heteroatoms. The van der Waals surface area contributed by atoms with E-state index in [1.54, 1.807) is 25.2 Å². The number of aromatic amines is 1. The second kappa shape index (κ2) is 7.99. The number of halogens is 1. The van der Waals surface area contributed by atoms with Crippen LogP contribution in [-0.2, 0) is 6.42 Å². The van der Waals surface area contributed by atoms with Gasteiger partial charge < -0.3 is 15.2 Å². The average Bonchev–Trinajstić information content (AvgIpc) is 3.07. The maximum absolute atomic E-state index is 13.9. The molecule has 0 unspecified atom stereocenters. The lowest BCUT2D eigenvalue weighted by atomic mass is 10.1. The van der Waals surface area contributed by atoms with Gasteiger partial charge >= 0.3 is 6.03 Å². The number of fused-ring (bicyclic) bond motifs is 1. The Morgan fingerprint density at radius 2 is 1.96 bits per heavy atom. The van der Waals surface area contributed by atoms with Gasteiger partial charge in [-0.1, -0.05) is 30.3 Å². The minimum atomic E-state index is -0.341. The van der Waals surface area contributed by atoms with Crippen LogP contribution in [0.5, 0.6) is 0 Å². The molecule has 0 saturated heterocycles. The molecule has 0 aliphatic carbocycles. The van der Waals surface area contributed by atoms with Crippen molar-refractivity contribution in [3.05, 3.63) is 65.7 Å². The molecule has 1 heterocycles. The highest BCUT2D eigenvalue weighted by molar-refractivity contribution is 5.75. The number of carbonyl (C=O) groups is 1. The van der Waals surface area contributed by atoms with Crippen molar-refractivity contribution >= 4 is 17.1 Å². The van der Waals surface area contributed by atoms with Crippen LogP contribution in [0.1, 0.15) is 30.8 Å². The predicted octanol–water partition coefficient (Wildman–Crippen LogP) is 4.04. The molecule has 3 aromatic rings. The fourth-order valence-electron chi connectivity index (χ4n) is 2.90. The van der Waals surface area contributed by atoms with Crippen LogP contribution in [0.25, 0.3) is 11.0 Å². The molecule has 2 aromatic carbocycles. The fourth-order valence-corrected chi connectivity index (χ4v) is 2.90. The monoisotopic (exact) mass is 354 g/mol. The summed E-state index contributed by atoms with van der Waals surface area (Å²) in [5.74, 6) is 0.609. The number of aryl methyl sites for hydroxylation is 1. The molecule has 0 radical (unpaired) electrons. The first kappa shape index (κ1) is 17.9. The van der Waals surface area contributed by atoms with Crippen molar-refractivity contribution in [3.63, 3.8) is 0 Å². The third kappa shape index (κ3) is 4.02. The molecule has 0 spiro atoms. The molecule has 0 saturated carbocycles. The fraction of sp³-hybridized carbons (Fsp3) is 0.300. The van der Waals surface area contributed by atoms with Crippen LogP contribution in [0.15, 0.2) is 48.5 Å². The quantitative estimate of drug-likeness (QED) is 0.656. The zero-order valence-corrected chi connectivity index (χ0v) is 15.0. The minimum absolute atomic E-state index is 0.217. The molecule has 0 fully saturated rings. The zero-order valence-electron chi connectivity index (χ0n) is 15.0. The van der Waals surface area contributed by atoms with Crippen molar-refractivity contribution in [2.24, 2.45) is 0 Å². The molecule has 1 aromatic heterocycles. The van der Waals surface area contributed by atoms with Gasteiger partial charge in [-0.3, -0.25) is 0 Å². The second-order valence-corrected chi connectivity index (χ2v) is 6.34. The van der Waals surface area contributed by atoms with Gasteiger partial charge in [-0.2, -0.15) is 0 Å². The molecular formula is C20H23FN4O. The Balaban J connectivity index is 1.48. The highest BCUT2D eigenvalue weighted by Gasteiger charge is 2.19. The molecule has 26 heavy (non-hydrogen) atoms. The summed E-state index contributed by atoms with van der Waals surface area (Å²) in [6, 6.07) is 13.9. The third-order valence-corrected chi connectivity index (χ3v) is 4.56. The largest absolute Gasteiger partial charge is 0.342 e. The van der Waals surface area contributed by atoms with Crippen molar-refractivity contribution < 1.29 is 9.18 Å². The molecule has 0 bridgehead atoms. The topological polar surface area (TPSA) is 61.0 Å². The van der Waals surface area contributed by atoms with E-state index >= 15 is 0 Å². The van der Waals surface area contributed by atoms with E-state index in [0.717, 1.165) is 29.7 Å². The number of benzene rings is 2. The van der Waals surface area contributed by atoms with E-state index in [9.17, 15) is 9.18 Å². The summed E-state index contributed by atoms with van der Waals surface area (Å²) in [6.07, 6.45) is 1.52. The number of H-pyrrole nitrogens is 1. The summed E-state index contributed by atoms with van der Waals surface area (Å²) in [4.78, 5) is 21.6. The van der Waals surface area contributed by atoms with Gasteiger partial charge in [0.25, 0.3) is 0 Å². The van der Waals surface area contributed by atoms with E-state index in [0.29, 0.717) is 12.1 Å². The van der Waals surface area contributed by atoms with Crippen molar-refractivity contribution in [1.29, 1.82) is 0 Å². The molecule has 136 valence electrons. The number of urea groups is 1. The Morgan fingerprint density at radius 1 is 1.23 bits per heavy atom. The first-order valence-electron chi connectivity index (χ1n) is 8.75. The molecule has 5 nitrogen and oxygen atoms in total. The van der Waals surface area contributed by atoms with Crippen molar-refractivity contribution in [2.75, 3.05) is 13.6 Å². The highest BCUT2D eigenvalue weighted by Crippen LogP contribution is 2.21. The molecular weight excluding hydrogens is 331 g/mol. The van der Waals surface area contributed by atoms with Gasteiger partial charge in [-0.15, -0.1) is 0 Å². The number of nitrogens with one attached hydrogen (secondary N) is 2. The summed E-state index contributed by atoms with van der Waals surface area (Å²) in [5.41, 5.74) is 2.47. The van der Waals surface area contributed by atoms with Crippen LogP contribution in [0.3, 0.4) is 0 Å². The smallest absolute Gasteiger partial charge is 0.317 e. The van der Waals surface area contributed by atoms with Crippen molar-refractivity contribution in [3.8, 4) is 0 Å². The Morgan fingerprint density at radius 3 is 2.73 bits per heavy atom. The Hall–Kier alpha value is -2.89. The van der Waals surface area contributed by atoms with Gasteiger partial charge in [-0.25, -0.2) is 14.2 Å². The summed E-state index contributed by atoms with van der Waals surface area (Å²) < 4.78 is 13.9. The van der Waals surface area contributed by atoms with E-state index in [-0.39, 0.29) is 17.9 Å². The molecule has 2 amide bonds. The van der Waals surface area contributed by atoms with E-state index in [4.69, 9.17) is 0 Å². The van der Waals surface area contributed by atoms with Gasteiger partial charge in [0.05, 0.1) is 17.1 Å². The molecule has 1 atom stereocenters. The summed E-state index contributed by atoms with van der Waals surface area (Å²) in [6.45, 7) is 2.34. The number of hydrogen-bond acceptors (Lipinski definition) is 2. The lowest BCUT2D eigenvalue weighted by Gasteiger charge is -2.25. The minimum Gasteiger partial charge on any atom is -0.342 e. The highest BCUT2D eigenvalue weighted by atomic mass is 19.1. The lowest BCUT2D eigenvalue weighted by Crippen LogP contribution is -2.39. The number of amides is 2. The van der Waals surface area contributed by atoms with Crippen molar-refractivity contribution in [2.45, 2.75) is 25.8 Å². The summed E-state index contributed by atoms with van der Waals surface area (Å²) in [5, 5.41) is 2.88. The maximum atomic E-state index is 13.9. The Kier molecular flexibility index (Phi) is 5.51. The van der Waals surface area contributed by atoms with Gasteiger partial charge in [0.1, 0.15) is 11.6 Å². The summed E-state index contributed by atoms with van der Waals surface area (Å²) >= 11 is 0. The Labute approximate surface area is 152 Å². The predicted molar refractivity (Wildman–Crippen MR) is 100 cm³/mol. The average molecular weight is 354 g/mol. The molecule has 3 rings (SSSR count). The van der Waals surface area contributed by atoms with Crippen LogP contribution >= 0.6 is 0 Å². The SMILES string of the molecule is C[C@H](c1ccccc1F)N(C)C(=O)NCCCc1nc2ccccc2[nH]1. The number of para-hydroxylation sites is 2. The van der Waals surface area contributed by atoms with Gasteiger partial charge in [0, 0.05) is 25.6 Å². The van der Waals surface area contributed by atoms with Gasteiger partial charge in [0.15, 0.2) is 0 Å². The molecule has 2 N–H and O–H groups in total. The van der Waals surface area contributed by atoms with Crippen molar-refractivity contribution in [1.82, 2.24) is 20.2 Å². The van der Waals surface area contributed by atoms with E-state index in [1.165, 1.54) is 11.0 Å². The van der Waals surface area contributed by atoms with E-state index in [1.807, 2.05) is 31.2 Å². The number of nitrogens with zero attached hydrogens (tertiary/aromatic N) is 2. The van der Waals surface area contributed by atoms with Gasteiger partial charge in [0.2, 0.25) is 0 Å². The van der Waals surface area contributed by atoms with E-state index in [2.05, 4.69) is 15.3 Å². The number of rotatable bonds is 6. The zero-order chi connectivity index (χ0) is 18.5. The first-order chi connectivity index (χ1) is 12.6. The van der Waals surface area contributed by atoms with E-state index < -0.39 is 0 Å². The van der Waals surface area contributed by atoms with Crippen LogP contribution in [-0.4, -0.2) is 34.5 Å². The standard InChI is InChI=1S/C20H23FN4O/c1-14(15-8-3-4-9-16(15)21)25(2)20(26)22-13-7-12-19-23-17-10-5-6-11-18(17)24-19/h3-6,8-11,14H,7,12-13H2,1-2H3,(H,22,26)(H,23,24)/t14-/m1/s1. The first-order valence-corrected chi connectivity index (χ1v) is 8.75. The number of aromatic nitrogens is 2. The number of imidazole rings is 1. The summed E-state index contributed by atoms with van der Waals surface area (Å²) in [7, 11) is 1.67. The lowest BCUT2D eigenvalue weighted by molar-refractivity contribution is 0.193. The van der Waals surface area contributed by atoms with Gasteiger partial charge in [-0.05, 0) is 31.5 Å². The Bertz CT molecular complexity index is 859. The maximum Gasteiger partial charge on any atom is 0.317 e.